The Morgan fingerprint density at radius 1 is 1.20 bits per heavy atom. The van der Waals surface area contributed by atoms with Gasteiger partial charge in [-0.15, -0.1) is 0 Å². The first-order valence-corrected chi connectivity index (χ1v) is 7.56. The van der Waals surface area contributed by atoms with Gasteiger partial charge in [0.2, 0.25) is 0 Å². The molecule has 2 atom stereocenters. The van der Waals surface area contributed by atoms with Gasteiger partial charge in [-0.3, -0.25) is 4.90 Å². The van der Waals surface area contributed by atoms with E-state index in [9.17, 15) is 18.3 Å². The van der Waals surface area contributed by atoms with Crippen LogP contribution in [-0.4, -0.2) is 66.0 Å². The summed E-state index contributed by atoms with van der Waals surface area (Å²) in [6.45, 7) is 5.56. The molecule has 0 spiro atoms. The van der Waals surface area contributed by atoms with Crippen molar-refractivity contribution >= 4 is 0 Å². The molecule has 2 rings (SSSR count). The second kappa shape index (κ2) is 6.20. The third kappa shape index (κ3) is 4.09. The molecule has 2 aliphatic heterocycles. The fraction of sp³-hybridized carbons (Fsp3) is 1.00. The van der Waals surface area contributed by atoms with Crippen LogP contribution in [0.15, 0.2) is 0 Å². The Labute approximate surface area is 118 Å². The van der Waals surface area contributed by atoms with Crippen molar-refractivity contribution in [3.63, 3.8) is 0 Å². The number of alkyl halides is 3. The monoisotopic (exact) mass is 294 g/mol. The molecule has 2 aliphatic rings. The fourth-order valence-electron chi connectivity index (χ4n) is 3.49. The SMILES string of the molecule is CCN1CCCC(O)(CN2CCCC(C(F)(F)F)C2)C1. The van der Waals surface area contributed by atoms with Gasteiger partial charge in [0.15, 0.2) is 0 Å². The lowest BCUT2D eigenvalue weighted by atomic mass is 9.90. The van der Waals surface area contributed by atoms with Gasteiger partial charge in [0.1, 0.15) is 0 Å². The first-order valence-electron chi connectivity index (χ1n) is 7.56. The van der Waals surface area contributed by atoms with Crippen LogP contribution in [0.4, 0.5) is 13.2 Å². The zero-order valence-corrected chi connectivity index (χ0v) is 12.1. The molecule has 0 aliphatic carbocycles. The van der Waals surface area contributed by atoms with Crippen molar-refractivity contribution in [2.45, 2.75) is 44.4 Å². The molecular weight excluding hydrogens is 269 g/mol. The lowest BCUT2D eigenvalue weighted by Gasteiger charge is -2.43. The van der Waals surface area contributed by atoms with Gasteiger partial charge in [-0.05, 0) is 45.3 Å². The summed E-state index contributed by atoms with van der Waals surface area (Å²) in [4.78, 5) is 3.98. The molecule has 2 fully saturated rings. The standard InChI is InChI=1S/C14H25F3N2O/c1-2-18-8-4-6-13(20,10-18)11-19-7-3-5-12(9-19)14(15,16)17/h12,20H,2-11H2,1H3. The second-order valence-corrected chi connectivity index (χ2v) is 6.31. The average molecular weight is 294 g/mol. The lowest BCUT2D eigenvalue weighted by Crippen LogP contribution is -2.56. The summed E-state index contributed by atoms with van der Waals surface area (Å²) in [5.41, 5.74) is -0.845. The molecule has 0 aromatic heterocycles. The molecule has 0 radical (unpaired) electrons. The highest BCUT2D eigenvalue weighted by Gasteiger charge is 2.43. The van der Waals surface area contributed by atoms with Gasteiger partial charge in [0.25, 0.3) is 0 Å². The summed E-state index contributed by atoms with van der Waals surface area (Å²) in [5, 5.41) is 10.6. The topological polar surface area (TPSA) is 26.7 Å². The molecule has 0 amide bonds. The molecule has 2 unspecified atom stereocenters. The number of hydrogen-bond acceptors (Lipinski definition) is 3. The Kier molecular flexibility index (Phi) is 4.97. The number of aliphatic hydroxyl groups is 1. The third-order valence-corrected chi connectivity index (χ3v) is 4.57. The van der Waals surface area contributed by atoms with Crippen molar-refractivity contribution < 1.29 is 18.3 Å². The van der Waals surface area contributed by atoms with E-state index >= 15 is 0 Å². The van der Waals surface area contributed by atoms with Gasteiger partial charge in [-0.2, -0.15) is 13.2 Å². The predicted octanol–water partition coefficient (Wildman–Crippen LogP) is 2.11. The summed E-state index contributed by atoms with van der Waals surface area (Å²) in [7, 11) is 0. The molecule has 20 heavy (non-hydrogen) atoms. The van der Waals surface area contributed by atoms with Crippen LogP contribution in [0.5, 0.6) is 0 Å². The highest BCUT2D eigenvalue weighted by molar-refractivity contribution is 4.91. The Morgan fingerprint density at radius 3 is 2.55 bits per heavy atom. The summed E-state index contributed by atoms with van der Waals surface area (Å²) in [5.74, 6) is -1.23. The van der Waals surface area contributed by atoms with E-state index in [1.807, 2.05) is 6.92 Å². The molecule has 0 saturated carbocycles. The van der Waals surface area contributed by atoms with Crippen LogP contribution in [0, 0.1) is 5.92 Å². The van der Waals surface area contributed by atoms with E-state index in [1.165, 1.54) is 0 Å². The quantitative estimate of drug-likeness (QED) is 0.863. The highest BCUT2D eigenvalue weighted by atomic mass is 19.4. The van der Waals surface area contributed by atoms with Crippen LogP contribution < -0.4 is 0 Å². The zero-order valence-electron chi connectivity index (χ0n) is 12.1. The first kappa shape index (κ1) is 16.0. The van der Waals surface area contributed by atoms with E-state index in [4.69, 9.17) is 0 Å². The van der Waals surface area contributed by atoms with Gasteiger partial charge in [-0.25, -0.2) is 0 Å². The second-order valence-electron chi connectivity index (χ2n) is 6.31. The minimum atomic E-state index is -4.11. The summed E-state index contributed by atoms with van der Waals surface area (Å²) in [6, 6.07) is 0. The molecule has 118 valence electrons. The fourth-order valence-corrected chi connectivity index (χ4v) is 3.49. The summed E-state index contributed by atoms with van der Waals surface area (Å²) >= 11 is 0. The normalized spacial score (nSPS) is 34.4. The maximum Gasteiger partial charge on any atom is 0.393 e. The van der Waals surface area contributed by atoms with Crippen LogP contribution in [-0.2, 0) is 0 Å². The van der Waals surface area contributed by atoms with Gasteiger partial charge >= 0.3 is 6.18 Å². The molecule has 6 heteroatoms. The Bertz CT molecular complexity index is 324. The predicted molar refractivity (Wildman–Crippen MR) is 71.5 cm³/mol. The van der Waals surface area contributed by atoms with E-state index in [-0.39, 0.29) is 13.0 Å². The van der Waals surface area contributed by atoms with Gasteiger partial charge in [0, 0.05) is 19.6 Å². The van der Waals surface area contributed by atoms with Gasteiger partial charge in [-0.1, -0.05) is 6.92 Å². The minimum Gasteiger partial charge on any atom is -0.387 e. The first-order chi connectivity index (χ1) is 9.32. The molecule has 1 N–H and O–H groups in total. The summed E-state index contributed by atoms with van der Waals surface area (Å²) in [6.07, 6.45) is -1.71. The van der Waals surface area contributed by atoms with E-state index in [0.29, 0.717) is 32.5 Å². The number of halogens is 3. The van der Waals surface area contributed by atoms with Crippen molar-refractivity contribution in [1.29, 1.82) is 0 Å². The van der Waals surface area contributed by atoms with Gasteiger partial charge in [0.05, 0.1) is 11.5 Å². The Balaban J connectivity index is 1.91. The van der Waals surface area contributed by atoms with Crippen molar-refractivity contribution in [1.82, 2.24) is 9.80 Å². The maximum absolute atomic E-state index is 12.8. The van der Waals surface area contributed by atoms with Crippen LogP contribution in [0.3, 0.4) is 0 Å². The van der Waals surface area contributed by atoms with Crippen molar-refractivity contribution in [3.8, 4) is 0 Å². The van der Waals surface area contributed by atoms with Crippen LogP contribution in [0.2, 0.25) is 0 Å². The molecule has 0 aromatic rings. The summed E-state index contributed by atoms with van der Waals surface area (Å²) < 4.78 is 38.4. The van der Waals surface area contributed by atoms with Crippen molar-refractivity contribution in [2.24, 2.45) is 5.92 Å². The van der Waals surface area contributed by atoms with E-state index in [2.05, 4.69) is 4.90 Å². The van der Waals surface area contributed by atoms with Crippen LogP contribution in [0.1, 0.15) is 32.6 Å². The van der Waals surface area contributed by atoms with E-state index in [1.54, 1.807) is 4.90 Å². The molecule has 0 bridgehead atoms. The zero-order chi connectivity index (χ0) is 14.8. The highest BCUT2D eigenvalue weighted by Crippen LogP contribution is 2.34. The smallest absolute Gasteiger partial charge is 0.387 e. The van der Waals surface area contributed by atoms with E-state index in [0.717, 1.165) is 19.5 Å². The molecule has 0 aromatic carbocycles. The van der Waals surface area contributed by atoms with E-state index < -0.39 is 17.7 Å². The van der Waals surface area contributed by atoms with Crippen LogP contribution >= 0.6 is 0 Å². The largest absolute Gasteiger partial charge is 0.393 e. The molecule has 2 saturated heterocycles. The number of likely N-dealkylation sites (tertiary alicyclic amines) is 2. The number of rotatable bonds is 3. The number of hydrogen-bond donors (Lipinski definition) is 1. The van der Waals surface area contributed by atoms with Crippen molar-refractivity contribution in [2.75, 3.05) is 39.3 Å². The third-order valence-electron chi connectivity index (χ3n) is 4.57. The number of nitrogens with zero attached hydrogens (tertiary/aromatic N) is 2. The van der Waals surface area contributed by atoms with Gasteiger partial charge < -0.3 is 10.0 Å². The number of piperidine rings is 2. The Morgan fingerprint density at radius 2 is 1.90 bits per heavy atom. The Hall–Kier alpha value is -0.330. The average Bonchev–Trinajstić information content (AvgIpc) is 2.37. The molecule has 3 nitrogen and oxygen atoms in total. The number of β-amino-alcohol motifs (C(OH)–C–C–N with tert-alkyl or cyclic N) is 1. The van der Waals surface area contributed by atoms with Crippen molar-refractivity contribution in [3.05, 3.63) is 0 Å². The lowest BCUT2D eigenvalue weighted by molar-refractivity contribution is -0.189. The molecule has 2 heterocycles. The minimum absolute atomic E-state index is 0.0396. The number of likely N-dealkylation sites (N-methyl/N-ethyl adjacent to an activating group) is 1. The maximum atomic E-state index is 12.8. The van der Waals surface area contributed by atoms with Crippen LogP contribution in [0.25, 0.3) is 0 Å². The molecular formula is C14H25F3N2O.